The lowest BCUT2D eigenvalue weighted by Gasteiger charge is -2.08. The van der Waals surface area contributed by atoms with Crippen LogP contribution in [-0.2, 0) is 0 Å². The van der Waals surface area contributed by atoms with E-state index in [4.69, 9.17) is 51.1 Å². The van der Waals surface area contributed by atoms with E-state index < -0.39 is 4.33 Å². The first-order valence-corrected chi connectivity index (χ1v) is 5.96. The van der Waals surface area contributed by atoms with Crippen LogP contribution in [0.1, 0.15) is 6.42 Å². The molecule has 0 saturated heterocycles. The van der Waals surface area contributed by atoms with Crippen LogP contribution in [0.4, 0.5) is 0 Å². The number of alkyl halides is 2. The Morgan fingerprint density at radius 2 is 2.00 bits per heavy atom. The van der Waals surface area contributed by atoms with Crippen molar-refractivity contribution in [3.05, 3.63) is 28.2 Å². The van der Waals surface area contributed by atoms with E-state index in [1.807, 2.05) is 0 Å². The SMILES string of the molecule is Clc1ccc(Cl)c(OCC2CC2(Cl)Cl)c1. The van der Waals surface area contributed by atoms with Crippen LogP contribution in [-0.4, -0.2) is 10.9 Å². The Bertz CT molecular complexity index is 378. The van der Waals surface area contributed by atoms with Crippen LogP contribution in [0.2, 0.25) is 10.0 Å². The summed E-state index contributed by atoms with van der Waals surface area (Å²) in [7, 11) is 0. The first-order chi connectivity index (χ1) is 6.99. The second kappa shape index (κ2) is 4.21. The van der Waals surface area contributed by atoms with E-state index in [1.54, 1.807) is 18.2 Å². The minimum Gasteiger partial charge on any atom is -0.492 e. The van der Waals surface area contributed by atoms with Crippen molar-refractivity contribution in [3.63, 3.8) is 0 Å². The van der Waals surface area contributed by atoms with Crippen molar-refractivity contribution in [1.29, 1.82) is 0 Å². The number of hydrogen-bond acceptors (Lipinski definition) is 1. The summed E-state index contributed by atoms with van der Waals surface area (Å²) in [5, 5.41) is 1.13. The van der Waals surface area contributed by atoms with Crippen molar-refractivity contribution in [3.8, 4) is 5.75 Å². The Balaban J connectivity index is 1.96. The maximum Gasteiger partial charge on any atom is 0.139 e. The quantitative estimate of drug-likeness (QED) is 0.740. The van der Waals surface area contributed by atoms with Gasteiger partial charge in [0, 0.05) is 17.0 Å². The summed E-state index contributed by atoms with van der Waals surface area (Å²) in [6.45, 7) is 0.465. The van der Waals surface area contributed by atoms with E-state index in [9.17, 15) is 0 Å². The molecular weight excluding hydrogens is 278 g/mol. The van der Waals surface area contributed by atoms with Gasteiger partial charge < -0.3 is 4.74 Å². The Labute approximate surface area is 108 Å². The Morgan fingerprint density at radius 3 is 2.60 bits per heavy atom. The van der Waals surface area contributed by atoms with Gasteiger partial charge in [0.1, 0.15) is 10.1 Å². The van der Waals surface area contributed by atoms with Crippen molar-refractivity contribution in [2.24, 2.45) is 5.92 Å². The smallest absolute Gasteiger partial charge is 0.139 e. The summed E-state index contributed by atoms with van der Waals surface area (Å²) >= 11 is 23.5. The van der Waals surface area contributed by atoms with Gasteiger partial charge in [0.05, 0.1) is 11.6 Å². The van der Waals surface area contributed by atoms with E-state index in [0.29, 0.717) is 22.4 Å². The first kappa shape index (κ1) is 11.7. The van der Waals surface area contributed by atoms with Gasteiger partial charge in [-0.05, 0) is 18.6 Å². The van der Waals surface area contributed by atoms with Crippen LogP contribution in [0.25, 0.3) is 0 Å². The molecule has 0 heterocycles. The fourth-order valence-corrected chi connectivity index (χ4v) is 2.06. The Morgan fingerprint density at radius 1 is 1.33 bits per heavy atom. The molecule has 5 heteroatoms. The zero-order valence-electron chi connectivity index (χ0n) is 7.64. The lowest BCUT2D eigenvalue weighted by molar-refractivity contribution is 0.299. The van der Waals surface area contributed by atoms with Gasteiger partial charge in [-0.2, -0.15) is 0 Å². The van der Waals surface area contributed by atoms with Crippen molar-refractivity contribution in [1.82, 2.24) is 0 Å². The fraction of sp³-hybridized carbons (Fsp3) is 0.400. The molecule has 0 aromatic heterocycles. The average molecular weight is 286 g/mol. The van der Waals surface area contributed by atoms with Crippen molar-refractivity contribution >= 4 is 46.4 Å². The van der Waals surface area contributed by atoms with Gasteiger partial charge in [0.15, 0.2) is 0 Å². The van der Waals surface area contributed by atoms with Crippen molar-refractivity contribution in [2.45, 2.75) is 10.8 Å². The van der Waals surface area contributed by atoms with Crippen LogP contribution >= 0.6 is 46.4 Å². The second-order valence-corrected chi connectivity index (χ2v) is 5.93. The molecule has 0 N–H and O–H groups in total. The number of rotatable bonds is 3. The molecule has 1 saturated carbocycles. The number of ether oxygens (including phenoxy) is 1. The van der Waals surface area contributed by atoms with Crippen molar-refractivity contribution in [2.75, 3.05) is 6.61 Å². The maximum atomic E-state index is 5.92. The van der Waals surface area contributed by atoms with Gasteiger partial charge in [0.2, 0.25) is 0 Å². The van der Waals surface area contributed by atoms with Crippen LogP contribution in [0.5, 0.6) is 5.75 Å². The minimum atomic E-state index is -0.620. The highest BCUT2D eigenvalue weighted by Crippen LogP contribution is 2.53. The molecule has 1 nitrogen and oxygen atoms in total. The molecule has 1 unspecified atom stereocenters. The van der Waals surface area contributed by atoms with Crippen LogP contribution < -0.4 is 4.74 Å². The van der Waals surface area contributed by atoms with E-state index >= 15 is 0 Å². The van der Waals surface area contributed by atoms with E-state index in [1.165, 1.54) is 0 Å². The third-order valence-corrected chi connectivity index (χ3v) is 3.76. The highest BCUT2D eigenvalue weighted by Gasteiger charge is 2.52. The fourth-order valence-electron chi connectivity index (χ4n) is 1.23. The molecule has 0 radical (unpaired) electrons. The number of hydrogen-bond donors (Lipinski definition) is 0. The Kier molecular flexibility index (Phi) is 3.27. The molecule has 1 aromatic carbocycles. The predicted molar refractivity (Wildman–Crippen MR) is 64.5 cm³/mol. The average Bonchev–Trinajstić information content (AvgIpc) is 2.76. The topological polar surface area (TPSA) is 9.23 Å². The molecule has 1 atom stereocenters. The lowest BCUT2D eigenvalue weighted by atomic mass is 10.3. The van der Waals surface area contributed by atoms with Gasteiger partial charge in [-0.1, -0.05) is 23.2 Å². The summed E-state index contributed by atoms with van der Waals surface area (Å²) in [6, 6.07) is 5.08. The van der Waals surface area contributed by atoms with Gasteiger partial charge in [0.25, 0.3) is 0 Å². The van der Waals surface area contributed by atoms with Gasteiger partial charge in [-0.15, -0.1) is 23.2 Å². The highest BCUT2D eigenvalue weighted by molar-refractivity contribution is 6.50. The van der Waals surface area contributed by atoms with Crippen LogP contribution in [0.15, 0.2) is 18.2 Å². The molecule has 15 heavy (non-hydrogen) atoms. The minimum absolute atomic E-state index is 0.177. The summed E-state index contributed by atoms with van der Waals surface area (Å²) < 4.78 is 4.87. The third-order valence-electron chi connectivity index (χ3n) is 2.29. The number of halogens is 4. The molecule has 1 aromatic rings. The molecule has 0 aliphatic heterocycles. The molecule has 0 amide bonds. The summed E-state index contributed by atoms with van der Waals surface area (Å²) in [5.41, 5.74) is 0. The summed E-state index contributed by atoms with van der Waals surface area (Å²) in [6.07, 6.45) is 0.758. The lowest BCUT2D eigenvalue weighted by Crippen LogP contribution is -2.04. The zero-order chi connectivity index (χ0) is 11.1. The van der Waals surface area contributed by atoms with Crippen LogP contribution in [0, 0.1) is 5.92 Å². The van der Waals surface area contributed by atoms with Crippen molar-refractivity contribution < 1.29 is 4.74 Å². The molecule has 1 aliphatic rings. The standard InChI is InChI=1S/C10H8Cl4O/c11-7-1-2-8(12)9(3-7)15-5-6-4-10(6,13)14/h1-3,6H,4-5H2. The Hall–Kier alpha value is 0.180. The maximum absolute atomic E-state index is 5.92. The molecule has 1 aliphatic carbocycles. The first-order valence-electron chi connectivity index (χ1n) is 4.45. The van der Waals surface area contributed by atoms with Crippen LogP contribution in [0.3, 0.4) is 0 Å². The molecular formula is C10H8Cl4O. The predicted octanol–water partition coefficient (Wildman–Crippen LogP) is 4.57. The second-order valence-electron chi connectivity index (χ2n) is 3.55. The zero-order valence-corrected chi connectivity index (χ0v) is 10.7. The van der Waals surface area contributed by atoms with E-state index in [0.717, 1.165) is 6.42 Å². The summed E-state index contributed by atoms with van der Waals surface area (Å²) in [5.74, 6) is 0.746. The van der Waals surface area contributed by atoms with Gasteiger partial charge >= 0.3 is 0 Å². The summed E-state index contributed by atoms with van der Waals surface area (Å²) in [4.78, 5) is 0. The molecule has 0 bridgehead atoms. The molecule has 2 rings (SSSR count). The monoisotopic (exact) mass is 284 g/mol. The molecule has 82 valence electrons. The molecule has 0 spiro atoms. The van der Waals surface area contributed by atoms with E-state index in [-0.39, 0.29) is 5.92 Å². The number of benzene rings is 1. The van der Waals surface area contributed by atoms with Gasteiger partial charge in [-0.25, -0.2) is 0 Å². The normalized spacial score (nSPS) is 22.5. The van der Waals surface area contributed by atoms with E-state index in [2.05, 4.69) is 0 Å². The third kappa shape index (κ3) is 2.85. The van der Waals surface area contributed by atoms with Gasteiger partial charge in [-0.3, -0.25) is 0 Å². The largest absolute Gasteiger partial charge is 0.492 e. The highest BCUT2D eigenvalue weighted by atomic mass is 35.5. The molecule has 1 fully saturated rings.